The molecule has 0 aliphatic rings. The number of nitrogens with zero attached hydrogens (tertiary/aromatic N) is 1. The first-order valence-electron chi connectivity index (χ1n) is 11.0. The van der Waals surface area contributed by atoms with Crippen molar-refractivity contribution in [3.05, 3.63) is 99.0 Å². The van der Waals surface area contributed by atoms with E-state index in [4.69, 9.17) is 9.47 Å². The van der Waals surface area contributed by atoms with E-state index in [0.717, 1.165) is 11.1 Å². The molecular weight excluding hydrogens is 492 g/mol. The van der Waals surface area contributed by atoms with E-state index in [1.807, 2.05) is 81.4 Å². The van der Waals surface area contributed by atoms with E-state index in [9.17, 15) is 10.1 Å². The third-order valence-electron chi connectivity index (χ3n) is 5.19. The van der Waals surface area contributed by atoms with Gasteiger partial charge in [-0.2, -0.15) is 5.26 Å². The summed E-state index contributed by atoms with van der Waals surface area (Å²) < 4.78 is 12.5. The zero-order valence-corrected chi connectivity index (χ0v) is 21.1. The highest BCUT2D eigenvalue weighted by Gasteiger charge is 2.16. The second-order valence-electron chi connectivity index (χ2n) is 7.80. The molecule has 0 spiro atoms. The molecule has 0 unspecified atom stereocenters. The highest BCUT2D eigenvalue weighted by atomic mass is 79.9. The molecule has 0 aliphatic carbocycles. The standard InChI is InChI=1S/C28H27BrN2O3/c1-4-33-26-15-23(25(29)16-27(26)34-18-21-12-10-19(2)11-13-21)14-24(17-30)28(32)31-20(3)22-8-6-5-7-9-22/h5-16,20H,4,18H2,1-3H3,(H,31,32)/b24-14-/t20-/m0/s1. The van der Waals surface area contributed by atoms with Gasteiger partial charge >= 0.3 is 0 Å². The second kappa shape index (κ2) is 12.1. The maximum Gasteiger partial charge on any atom is 0.262 e. The molecule has 0 aromatic heterocycles. The SMILES string of the molecule is CCOc1cc(/C=C(/C#N)C(=O)N[C@@H](C)c2ccccc2)c(Br)cc1OCc1ccc(C)cc1. The molecule has 0 heterocycles. The van der Waals surface area contributed by atoms with Gasteiger partial charge in [-0.05, 0) is 55.7 Å². The molecule has 0 saturated heterocycles. The van der Waals surface area contributed by atoms with Gasteiger partial charge in [0.2, 0.25) is 0 Å². The van der Waals surface area contributed by atoms with E-state index in [1.165, 1.54) is 5.56 Å². The molecule has 0 fully saturated rings. The van der Waals surface area contributed by atoms with Gasteiger partial charge in [-0.25, -0.2) is 0 Å². The number of rotatable bonds is 9. The Morgan fingerprint density at radius 1 is 1.09 bits per heavy atom. The largest absolute Gasteiger partial charge is 0.490 e. The number of amides is 1. The molecule has 3 rings (SSSR count). The fourth-order valence-electron chi connectivity index (χ4n) is 3.29. The summed E-state index contributed by atoms with van der Waals surface area (Å²) in [4.78, 5) is 12.8. The van der Waals surface area contributed by atoms with E-state index in [2.05, 4.69) is 21.2 Å². The van der Waals surface area contributed by atoms with Crippen LogP contribution in [-0.4, -0.2) is 12.5 Å². The molecule has 1 amide bonds. The van der Waals surface area contributed by atoms with E-state index in [-0.39, 0.29) is 11.6 Å². The highest BCUT2D eigenvalue weighted by molar-refractivity contribution is 9.10. The number of carbonyl (C=O) groups is 1. The zero-order valence-electron chi connectivity index (χ0n) is 19.5. The van der Waals surface area contributed by atoms with Crippen molar-refractivity contribution >= 4 is 27.9 Å². The number of aryl methyl sites for hydroxylation is 1. The minimum atomic E-state index is -0.441. The minimum absolute atomic E-state index is 0.000691. The van der Waals surface area contributed by atoms with Gasteiger partial charge in [-0.15, -0.1) is 0 Å². The Balaban J connectivity index is 1.81. The maximum absolute atomic E-state index is 12.8. The summed E-state index contributed by atoms with van der Waals surface area (Å²) in [5.41, 5.74) is 3.84. The summed E-state index contributed by atoms with van der Waals surface area (Å²) in [6, 6.07) is 23.1. The molecule has 5 nitrogen and oxygen atoms in total. The van der Waals surface area contributed by atoms with Crippen molar-refractivity contribution in [2.24, 2.45) is 0 Å². The first-order chi connectivity index (χ1) is 16.4. The molecule has 174 valence electrons. The van der Waals surface area contributed by atoms with Gasteiger partial charge in [0.25, 0.3) is 5.91 Å². The van der Waals surface area contributed by atoms with Crippen LogP contribution in [-0.2, 0) is 11.4 Å². The van der Waals surface area contributed by atoms with Gasteiger partial charge in [0.05, 0.1) is 12.6 Å². The van der Waals surface area contributed by atoms with Crippen LogP contribution in [0.2, 0.25) is 0 Å². The zero-order chi connectivity index (χ0) is 24.5. The first kappa shape index (κ1) is 25.1. The Labute approximate surface area is 209 Å². The lowest BCUT2D eigenvalue weighted by Crippen LogP contribution is -2.27. The molecule has 0 radical (unpaired) electrons. The number of carbonyl (C=O) groups excluding carboxylic acids is 1. The second-order valence-corrected chi connectivity index (χ2v) is 8.66. The average Bonchev–Trinajstić information content (AvgIpc) is 2.84. The molecule has 3 aromatic rings. The number of hydrogen-bond acceptors (Lipinski definition) is 4. The van der Waals surface area contributed by atoms with Crippen LogP contribution in [0.1, 0.15) is 42.1 Å². The summed E-state index contributed by atoms with van der Waals surface area (Å²) in [7, 11) is 0. The monoisotopic (exact) mass is 518 g/mol. The minimum Gasteiger partial charge on any atom is -0.490 e. The summed E-state index contributed by atoms with van der Waals surface area (Å²) in [6.45, 7) is 6.66. The fraction of sp³-hybridized carbons (Fsp3) is 0.214. The first-order valence-corrected chi connectivity index (χ1v) is 11.8. The molecule has 34 heavy (non-hydrogen) atoms. The molecule has 1 N–H and O–H groups in total. The lowest BCUT2D eigenvalue weighted by atomic mass is 10.1. The van der Waals surface area contributed by atoms with Crippen LogP contribution in [0.15, 0.2) is 76.8 Å². The van der Waals surface area contributed by atoms with E-state index >= 15 is 0 Å². The van der Waals surface area contributed by atoms with Crippen LogP contribution < -0.4 is 14.8 Å². The van der Waals surface area contributed by atoms with Crippen molar-refractivity contribution in [2.45, 2.75) is 33.4 Å². The van der Waals surface area contributed by atoms with Crippen LogP contribution >= 0.6 is 15.9 Å². The van der Waals surface area contributed by atoms with Crippen molar-refractivity contribution in [2.75, 3.05) is 6.61 Å². The molecule has 6 heteroatoms. The van der Waals surface area contributed by atoms with Crippen LogP contribution in [0.5, 0.6) is 11.5 Å². The van der Waals surface area contributed by atoms with Crippen LogP contribution in [0.4, 0.5) is 0 Å². The Morgan fingerprint density at radius 2 is 1.76 bits per heavy atom. The smallest absolute Gasteiger partial charge is 0.262 e. The third-order valence-corrected chi connectivity index (χ3v) is 5.88. The summed E-state index contributed by atoms with van der Waals surface area (Å²) in [6.07, 6.45) is 1.55. The van der Waals surface area contributed by atoms with Crippen molar-refractivity contribution in [3.8, 4) is 17.6 Å². The summed E-state index contributed by atoms with van der Waals surface area (Å²) >= 11 is 3.54. The number of benzene rings is 3. The van der Waals surface area contributed by atoms with Crippen molar-refractivity contribution in [1.82, 2.24) is 5.32 Å². The van der Waals surface area contributed by atoms with Crippen molar-refractivity contribution < 1.29 is 14.3 Å². The maximum atomic E-state index is 12.8. The number of nitrogens with one attached hydrogen (secondary N) is 1. The summed E-state index contributed by atoms with van der Waals surface area (Å²) in [5.74, 6) is 0.676. The number of halogens is 1. The summed E-state index contributed by atoms with van der Waals surface area (Å²) in [5, 5.41) is 12.5. The number of ether oxygens (including phenoxy) is 2. The van der Waals surface area contributed by atoms with Gasteiger partial charge in [-0.3, -0.25) is 4.79 Å². The van der Waals surface area contributed by atoms with E-state index < -0.39 is 5.91 Å². The molecule has 3 aromatic carbocycles. The fourth-order valence-corrected chi connectivity index (χ4v) is 3.73. The topological polar surface area (TPSA) is 71.3 Å². The predicted molar refractivity (Wildman–Crippen MR) is 137 cm³/mol. The van der Waals surface area contributed by atoms with Gasteiger partial charge < -0.3 is 14.8 Å². The third kappa shape index (κ3) is 6.72. The molecule has 0 aliphatic heterocycles. The lowest BCUT2D eigenvalue weighted by molar-refractivity contribution is -0.117. The average molecular weight is 519 g/mol. The number of nitriles is 1. The normalized spacial score (nSPS) is 11.9. The quantitative estimate of drug-likeness (QED) is 0.258. The molecule has 1 atom stereocenters. The van der Waals surface area contributed by atoms with Crippen LogP contribution in [0.25, 0.3) is 6.08 Å². The Kier molecular flexibility index (Phi) is 8.89. The van der Waals surface area contributed by atoms with Crippen LogP contribution in [0.3, 0.4) is 0 Å². The predicted octanol–water partition coefficient (Wildman–Crippen LogP) is 6.52. The molecule has 0 bridgehead atoms. The van der Waals surface area contributed by atoms with Gasteiger partial charge in [0.1, 0.15) is 18.2 Å². The Hall–Kier alpha value is -3.56. The Bertz CT molecular complexity index is 1200. The van der Waals surface area contributed by atoms with Gasteiger partial charge in [0.15, 0.2) is 11.5 Å². The van der Waals surface area contributed by atoms with E-state index in [1.54, 1.807) is 18.2 Å². The van der Waals surface area contributed by atoms with Crippen molar-refractivity contribution in [1.29, 1.82) is 5.26 Å². The Morgan fingerprint density at radius 3 is 2.41 bits per heavy atom. The van der Waals surface area contributed by atoms with Gasteiger partial charge in [-0.1, -0.05) is 76.1 Å². The van der Waals surface area contributed by atoms with Crippen molar-refractivity contribution in [3.63, 3.8) is 0 Å². The van der Waals surface area contributed by atoms with Crippen LogP contribution in [0, 0.1) is 18.3 Å². The van der Waals surface area contributed by atoms with E-state index in [0.29, 0.717) is 34.7 Å². The molecular formula is C28H27BrN2O3. The molecule has 0 saturated carbocycles. The number of hydrogen-bond donors (Lipinski definition) is 1. The highest BCUT2D eigenvalue weighted by Crippen LogP contribution is 2.35. The van der Waals surface area contributed by atoms with Gasteiger partial charge in [0, 0.05) is 4.47 Å². The lowest BCUT2D eigenvalue weighted by Gasteiger charge is -2.15.